The lowest BCUT2D eigenvalue weighted by molar-refractivity contribution is -0.147. The molecule has 0 aromatic heterocycles. The van der Waals surface area contributed by atoms with Crippen molar-refractivity contribution in [3.63, 3.8) is 0 Å². The highest BCUT2D eigenvalue weighted by Crippen LogP contribution is 2.14. The van der Waals surface area contributed by atoms with Gasteiger partial charge in [-0.2, -0.15) is 0 Å². The van der Waals surface area contributed by atoms with Crippen molar-refractivity contribution in [2.75, 3.05) is 26.9 Å². The maximum Gasteiger partial charge on any atom is 0.373 e. The summed E-state index contributed by atoms with van der Waals surface area (Å²) in [6, 6.07) is 9.60. The molecule has 2 N–H and O–H groups in total. The second-order valence-electron chi connectivity index (χ2n) is 12.2. The van der Waals surface area contributed by atoms with Crippen LogP contribution < -0.4 is 0 Å². The van der Waals surface area contributed by atoms with Crippen molar-refractivity contribution in [3.8, 4) is 0 Å². The Hall–Kier alpha value is -2.38. The number of carbonyl (C=O) groups is 2. The zero-order valence-electron chi connectivity index (χ0n) is 29.7. The number of esters is 2. The van der Waals surface area contributed by atoms with Gasteiger partial charge >= 0.3 is 11.9 Å². The first kappa shape index (κ1) is 43.6. The lowest BCUT2D eigenvalue weighted by Crippen LogP contribution is -2.21. The molecule has 46 heavy (non-hydrogen) atoms. The van der Waals surface area contributed by atoms with E-state index in [4.69, 9.17) is 24.4 Å². The third kappa shape index (κ3) is 29.1. The minimum Gasteiger partial charge on any atom is -0.490 e. The van der Waals surface area contributed by atoms with Crippen molar-refractivity contribution < 1.29 is 34.0 Å². The number of ether oxygens (including phenoxy) is 3. The number of rotatable bonds is 29. The lowest BCUT2D eigenvalue weighted by Gasteiger charge is -2.08. The van der Waals surface area contributed by atoms with Crippen molar-refractivity contribution in [2.45, 2.75) is 161 Å². The van der Waals surface area contributed by atoms with Crippen LogP contribution >= 0.6 is 0 Å². The van der Waals surface area contributed by atoms with E-state index in [0.717, 1.165) is 31.2 Å². The highest BCUT2D eigenvalue weighted by molar-refractivity contribution is 5.91. The Morgan fingerprint density at radius 1 is 0.674 bits per heavy atom. The van der Waals surface area contributed by atoms with Gasteiger partial charge in [-0.15, -0.1) is 0 Å². The Morgan fingerprint density at radius 2 is 1.13 bits per heavy atom. The number of hydrogen-bond acceptors (Lipinski definition) is 7. The Morgan fingerprint density at radius 3 is 1.59 bits per heavy atom. The van der Waals surface area contributed by atoms with Crippen LogP contribution in [0.4, 0.5) is 0 Å². The average Bonchev–Trinajstić information content (AvgIpc) is 3.08. The van der Waals surface area contributed by atoms with Crippen LogP contribution in [0.2, 0.25) is 0 Å². The highest BCUT2D eigenvalue weighted by Gasteiger charge is 2.11. The largest absolute Gasteiger partial charge is 0.490 e. The summed E-state index contributed by atoms with van der Waals surface area (Å²) < 4.78 is 15.2. The van der Waals surface area contributed by atoms with Crippen LogP contribution in [-0.4, -0.2) is 55.2 Å². The van der Waals surface area contributed by atoms with Crippen molar-refractivity contribution in [1.29, 1.82) is 0 Å². The second-order valence-corrected chi connectivity index (χ2v) is 12.2. The highest BCUT2D eigenvalue weighted by atomic mass is 16.6. The van der Waals surface area contributed by atoms with Gasteiger partial charge in [0.2, 0.25) is 5.76 Å². The third-order valence-corrected chi connectivity index (χ3v) is 7.88. The second kappa shape index (κ2) is 34.0. The van der Waals surface area contributed by atoms with Crippen molar-refractivity contribution >= 4 is 18.0 Å². The summed E-state index contributed by atoms with van der Waals surface area (Å²) in [4.78, 5) is 23.3. The fourth-order valence-corrected chi connectivity index (χ4v) is 4.97. The molecule has 0 spiro atoms. The molecule has 0 aliphatic rings. The fourth-order valence-electron chi connectivity index (χ4n) is 4.97. The third-order valence-electron chi connectivity index (χ3n) is 7.88. The molecular weight excluding hydrogens is 580 g/mol. The van der Waals surface area contributed by atoms with Gasteiger partial charge in [0.05, 0.1) is 20.3 Å². The molecular formula is C39H68O7. The zero-order valence-corrected chi connectivity index (χ0v) is 29.7. The molecule has 0 heterocycles. The first-order valence-corrected chi connectivity index (χ1v) is 18.4. The van der Waals surface area contributed by atoms with Gasteiger partial charge in [0.15, 0.2) is 0 Å². The van der Waals surface area contributed by atoms with Crippen molar-refractivity contribution in [2.24, 2.45) is 0 Å². The van der Waals surface area contributed by atoms with Gasteiger partial charge in [0.25, 0.3) is 0 Å². The molecule has 1 aromatic rings. The molecule has 1 aromatic carbocycles. The maximum atomic E-state index is 11.9. The summed E-state index contributed by atoms with van der Waals surface area (Å²) in [6.07, 6.45) is 27.8. The van der Waals surface area contributed by atoms with Crippen molar-refractivity contribution in [3.05, 3.63) is 41.7 Å². The van der Waals surface area contributed by atoms with E-state index in [2.05, 4.69) is 13.8 Å². The van der Waals surface area contributed by atoms with Gasteiger partial charge < -0.3 is 24.4 Å². The molecule has 7 heteroatoms. The van der Waals surface area contributed by atoms with E-state index in [1.54, 1.807) is 6.08 Å². The van der Waals surface area contributed by atoms with Gasteiger partial charge in [0.1, 0.15) is 12.7 Å². The van der Waals surface area contributed by atoms with E-state index in [-0.39, 0.29) is 24.9 Å². The number of carbonyl (C=O) groups excluding carboxylic acids is 2. The summed E-state index contributed by atoms with van der Waals surface area (Å²) in [5.74, 6) is -0.427. The zero-order chi connectivity index (χ0) is 33.9. The van der Waals surface area contributed by atoms with Crippen LogP contribution in [0.3, 0.4) is 0 Å². The Balaban J connectivity index is 0.000000892. The molecule has 1 atom stereocenters. The van der Waals surface area contributed by atoms with E-state index in [0.29, 0.717) is 13.0 Å². The van der Waals surface area contributed by atoms with E-state index in [1.165, 1.54) is 116 Å². The minimum absolute atomic E-state index is 0.103. The first-order chi connectivity index (χ1) is 22.5. The molecule has 0 aliphatic carbocycles. The first-order valence-electron chi connectivity index (χ1n) is 18.4. The lowest BCUT2D eigenvalue weighted by atomic mass is 10.0. The summed E-state index contributed by atoms with van der Waals surface area (Å²) in [5.41, 5.74) is 0.922. The molecule has 0 amide bonds. The van der Waals surface area contributed by atoms with Crippen LogP contribution in [0.5, 0.6) is 0 Å². The fraction of sp³-hybridized carbons (Fsp3) is 0.744. The van der Waals surface area contributed by atoms with Gasteiger partial charge in [0, 0.05) is 6.42 Å². The predicted octanol–water partition coefficient (Wildman–Crippen LogP) is 9.72. The number of hydrogen-bond donors (Lipinski definition) is 2. The van der Waals surface area contributed by atoms with E-state index in [1.807, 2.05) is 30.3 Å². The average molecular weight is 649 g/mol. The van der Waals surface area contributed by atoms with Gasteiger partial charge in [-0.25, -0.2) is 4.79 Å². The van der Waals surface area contributed by atoms with E-state index < -0.39 is 12.1 Å². The predicted molar refractivity (Wildman–Crippen MR) is 189 cm³/mol. The molecule has 1 unspecified atom stereocenters. The summed E-state index contributed by atoms with van der Waals surface area (Å²) in [6.45, 7) is 4.45. The van der Waals surface area contributed by atoms with Gasteiger partial charge in [-0.3, -0.25) is 4.79 Å². The molecule has 266 valence electrons. The summed E-state index contributed by atoms with van der Waals surface area (Å²) in [7, 11) is 1.49. The molecule has 1 rings (SSSR count). The van der Waals surface area contributed by atoms with Gasteiger partial charge in [-0.1, -0.05) is 166 Å². The molecule has 0 saturated heterocycles. The van der Waals surface area contributed by atoms with Crippen LogP contribution in [0, 0.1) is 0 Å². The van der Waals surface area contributed by atoms with E-state index in [9.17, 15) is 9.59 Å². The van der Waals surface area contributed by atoms with Crippen molar-refractivity contribution in [1.82, 2.24) is 0 Å². The summed E-state index contributed by atoms with van der Waals surface area (Å²) in [5, 5.41) is 17.7. The molecule has 0 bridgehead atoms. The SMILES string of the molecule is CCCCCCCCCCCCCCCCCC(=O)OCC(O)CO.CCCCCCCCOC(=O)C(=Cc1ccccc1)OC. The number of methoxy groups -OCH3 is 1. The Kier molecular flexibility index (Phi) is 32.2. The molecule has 0 aliphatic heterocycles. The van der Waals surface area contributed by atoms with Gasteiger partial charge in [-0.05, 0) is 24.5 Å². The standard InChI is InChI=1S/C21H42O4.C18H26O3/c1-2-3-4-5-6-7-8-9-10-11-12-13-14-15-16-17-21(24)25-19-20(23)18-22;1-3-4-5-6-7-11-14-21-18(19)17(20-2)15-16-12-9-8-10-13-16/h20,22-23H,2-19H2,1H3;8-10,12-13,15H,3-7,11,14H2,1-2H3. The summed E-state index contributed by atoms with van der Waals surface area (Å²) >= 11 is 0. The molecule has 0 saturated carbocycles. The van der Waals surface area contributed by atoms with Crippen LogP contribution in [-0.2, 0) is 23.8 Å². The molecule has 7 nitrogen and oxygen atoms in total. The number of unbranched alkanes of at least 4 members (excludes halogenated alkanes) is 19. The van der Waals surface area contributed by atoms with Crippen LogP contribution in [0.25, 0.3) is 6.08 Å². The van der Waals surface area contributed by atoms with E-state index >= 15 is 0 Å². The number of aliphatic hydroxyl groups is 2. The van der Waals surface area contributed by atoms with Crippen LogP contribution in [0.15, 0.2) is 36.1 Å². The quantitative estimate of drug-likeness (QED) is 0.0386. The minimum atomic E-state index is -0.954. The maximum absolute atomic E-state index is 11.9. The topological polar surface area (TPSA) is 102 Å². The monoisotopic (exact) mass is 648 g/mol. The smallest absolute Gasteiger partial charge is 0.373 e. The Labute approximate surface area is 281 Å². The normalized spacial score (nSPS) is 11.8. The number of benzene rings is 1. The molecule has 0 fully saturated rings. The molecule has 0 radical (unpaired) electrons. The Bertz CT molecular complexity index is 840. The van der Waals surface area contributed by atoms with Crippen LogP contribution in [0.1, 0.15) is 161 Å². The number of aliphatic hydroxyl groups excluding tert-OH is 2.